The number of carboxylic acids is 1. The first kappa shape index (κ1) is 12.4. The third kappa shape index (κ3) is 3.42. The van der Waals surface area contributed by atoms with E-state index >= 15 is 0 Å². The summed E-state index contributed by atoms with van der Waals surface area (Å²) in [6.07, 6.45) is -0.289. The van der Waals surface area contributed by atoms with E-state index < -0.39 is 11.6 Å². The monoisotopic (exact) mass is 219 g/mol. The molecule has 3 N–H and O–H groups in total. The van der Waals surface area contributed by atoms with Crippen LogP contribution in [-0.2, 0) is 9.53 Å². The van der Waals surface area contributed by atoms with Gasteiger partial charge in [0, 0.05) is 19.6 Å². The van der Waals surface area contributed by atoms with E-state index in [2.05, 4.69) is 0 Å². The number of nitrogens with zero attached hydrogens (tertiary/aromatic N) is 1. The molecule has 1 fully saturated rings. The van der Waals surface area contributed by atoms with Crippen LogP contribution in [-0.4, -0.2) is 70.7 Å². The molecule has 2 unspecified atom stereocenters. The number of aliphatic carboxylic acids is 1. The van der Waals surface area contributed by atoms with Crippen molar-refractivity contribution in [2.45, 2.75) is 18.6 Å². The lowest BCUT2D eigenvalue weighted by atomic mass is 10.1. The summed E-state index contributed by atoms with van der Waals surface area (Å²) >= 11 is 0. The molecule has 2 atom stereocenters. The van der Waals surface area contributed by atoms with E-state index in [9.17, 15) is 9.90 Å². The molecule has 1 heterocycles. The van der Waals surface area contributed by atoms with Crippen molar-refractivity contribution in [3.8, 4) is 0 Å². The molecular weight excluding hydrogens is 202 g/mol. The molecule has 0 amide bonds. The average Bonchev–Trinajstić information content (AvgIpc) is 2.17. The van der Waals surface area contributed by atoms with E-state index in [1.54, 1.807) is 4.90 Å². The summed E-state index contributed by atoms with van der Waals surface area (Å²) in [5, 5.41) is 27.2. The van der Waals surface area contributed by atoms with Crippen molar-refractivity contribution >= 4 is 5.97 Å². The normalized spacial score (nSPS) is 27.3. The largest absolute Gasteiger partial charge is 0.479 e. The van der Waals surface area contributed by atoms with Gasteiger partial charge < -0.3 is 20.1 Å². The average molecular weight is 219 g/mol. The van der Waals surface area contributed by atoms with E-state index in [-0.39, 0.29) is 19.3 Å². The van der Waals surface area contributed by atoms with Gasteiger partial charge in [0.15, 0.2) is 5.60 Å². The highest BCUT2D eigenvalue weighted by molar-refractivity contribution is 5.76. The highest BCUT2D eigenvalue weighted by atomic mass is 16.5. The van der Waals surface area contributed by atoms with Crippen LogP contribution in [0.2, 0.25) is 0 Å². The molecule has 6 heteroatoms. The fraction of sp³-hybridized carbons (Fsp3) is 0.889. The summed E-state index contributed by atoms with van der Waals surface area (Å²) in [7, 11) is 0. The first-order chi connectivity index (χ1) is 6.95. The molecule has 0 aliphatic carbocycles. The summed E-state index contributed by atoms with van der Waals surface area (Å²) in [5.41, 5.74) is -1.75. The standard InChI is InChI=1S/C9H17NO5/c1-9(14,8(12)13)6-10-2-3-15-7(4-10)5-11/h7,11,14H,2-6H2,1H3,(H,12,13). The number of morpholine rings is 1. The molecule has 1 aliphatic heterocycles. The van der Waals surface area contributed by atoms with Crippen molar-refractivity contribution in [2.75, 3.05) is 32.8 Å². The van der Waals surface area contributed by atoms with Gasteiger partial charge in [-0.2, -0.15) is 0 Å². The van der Waals surface area contributed by atoms with Crippen molar-refractivity contribution in [2.24, 2.45) is 0 Å². The summed E-state index contributed by atoms with van der Waals surface area (Å²) < 4.78 is 5.21. The fourth-order valence-corrected chi connectivity index (χ4v) is 1.54. The highest BCUT2D eigenvalue weighted by Crippen LogP contribution is 2.11. The van der Waals surface area contributed by atoms with Gasteiger partial charge in [-0.05, 0) is 6.92 Å². The van der Waals surface area contributed by atoms with Gasteiger partial charge in [0.05, 0.1) is 19.3 Å². The molecule has 1 aliphatic rings. The predicted molar refractivity (Wildman–Crippen MR) is 51.5 cm³/mol. The Morgan fingerprint density at radius 1 is 1.67 bits per heavy atom. The quantitative estimate of drug-likeness (QED) is 0.534. The second-order valence-electron chi connectivity index (χ2n) is 3.99. The molecular formula is C9H17NO5. The topological polar surface area (TPSA) is 90.2 Å². The molecule has 0 aromatic heterocycles. The van der Waals surface area contributed by atoms with Gasteiger partial charge in [-0.1, -0.05) is 0 Å². The van der Waals surface area contributed by atoms with Gasteiger partial charge >= 0.3 is 5.97 Å². The predicted octanol–water partition coefficient (Wildman–Crippen LogP) is -1.48. The Morgan fingerprint density at radius 3 is 2.87 bits per heavy atom. The molecule has 6 nitrogen and oxygen atoms in total. The molecule has 0 aromatic rings. The van der Waals surface area contributed by atoms with Crippen LogP contribution in [0.15, 0.2) is 0 Å². The van der Waals surface area contributed by atoms with Crippen LogP contribution in [0, 0.1) is 0 Å². The molecule has 0 spiro atoms. The maximum atomic E-state index is 10.7. The van der Waals surface area contributed by atoms with Crippen LogP contribution in [0.4, 0.5) is 0 Å². The molecule has 1 rings (SSSR count). The Balaban J connectivity index is 2.47. The SMILES string of the molecule is CC(O)(CN1CCOC(CO)C1)C(=O)O. The van der Waals surface area contributed by atoms with Gasteiger partial charge in [-0.25, -0.2) is 4.79 Å². The number of aliphatic hydroxyl groups excluding tert-OH is 1. The van der Waals surface area contributed by atoms with Crippen molar-refractivity contribution in [3.05, 3.63) is 0 Å². The number of β-amino-alcohol motifs (C(OH)–C–C–N with tert-alkyl or cyclic N) is 1. The third-order valence-corrected chi connectivity index (χ3v) is 2.42. The maximum Gasteiger partial charge on any atom is 0.336 e. The molecule has 15 heavy (non-hydrogen) atoms. The van der Waals surface area contributed by atoms with Crippen LogP contribution in [0.1, 0.15) is 6.92 Å². The van der Waals surface area contributed by atoms with E-state index in [0.29, 0.717) is 19.7 Å². The third-order valence-electron chi connectivity index (χ3n) is 2.42. The van der Waals surface area contributed by atoms with Gasteiger partial charge in [0.1, 0.15) is 0 Å². The Bertz CT molecular complexity index is 231. The van der Waals surface area contributed by atoms with Crippen LogP contribution in [0.5, 0.6) is 0 Å². The number of carboxylic acid groups (broad SMARTS) is 1. The van der Waals surface area contributed by atoms with Crippen molar-refractivity contribution in [1.29, 1.82) is 0 Å². The van der Waals surface area contributed by atoms with Gasteiger partial charge in [0.2, 0.25) is 0 Å². The van der Waals surface area contributed by atoms with Crippen LogP contribution in [0.25, 0.3) is 0 Å². The highest BCUT2D eigenvalue weighted by Gasteiger charge is 2.34. The summed E-state index contributed by atoms with van der Waals surface area (Å²) in [6.45, 7) is 2.67. The lowest BCUT2D eigenvalue weighted by molar-refractivity contribution is -0.160. The fourth-order valence-electron chi connectivity index (χ4n) is 1.54. The zero-order valence-electron chi connectivity index (χ0n) is 8.72. The van der Waals surface area contributed by atoms with E-state index in [1.165, 1.54) is 6.92 Å². The molecule has 0 aromatic carbocycles. The maximum absolute atomic E-state index is 10.7. The lowest BCUT2D eigenvalue weighted by Gasteiger charge is -2.35. The molecule has 0 radical (unpaired) electrons. The minimum absolute atomic E-state index is 0.0438. The van der Waals surface area contributed by atoms with Crippen molar-refractivity contribution in [1.82, 2.24) is 4.90 Å². The second-order valence-corrected chi connectivity index (χ2v) is 3.99. The molecule has 1 saturated heterocycles. The zero-order chi connectivity index (χ0) is 11.5. The zero-order valence-corrected chi connectivity index (χ0v) is 8.72. The van der Waals surface area contributed by atoms with E-state index in [1.807, 2.05) is 0 Å². The van der Waals surface area contributed by atoms with Crippen LogP contribution >= 0.6 is 0 Å². The summed E-state index contributed by atoms with van der Waals surface area (Å²) in [6, 6.07) is 0. The molecule has 88 valence electrons. The Labute approximate surface area is 88.1 Å². The van der Waals surface area contributed by atoms with E-state index in [0.717, 1.165) is 0 Å². The summed E-state index contributed by atoms with van der Waals surface area (Å²) in [5.74, 6) is -1.24. The number of hydrogen-bond acceptors (Lipinski definition) is 5. The Kier molecular flexibility index (Phi) is 4.04. The Morgan fingerprint density at radius 2 is 2.33 bits per heavy atom. The number of carbonyl (C=O) groups is 1. The summed E-state index contributed by atoms with van der Waals surface area (Å²) in [4.78, 5) is 12.5. The number of aliphatic hydroxyl groups is 2. The Hall–Kier alpha value is -0.690. The molecule has 0 bridgehead atoms. The number of ether oxygens (including phenoxy) is 1. The second kappa shape index (κ2) is 4.89. The number of hydrogen-bond donors (Lipinski definition) is 3. The first-order valence-corrected chi connectivity index (χ1v) is 4.86. The van der Waals surface area contributed by atoms with Crippen molar-refractivity contribution < 1.29 is 24.9 Å². The van der Waals surface area contributed by atoms with E-state index in [4.69, 9.17) is 14.9 Å². The first-order valence-electron chi connectivity index (χ1n) is 4.86. The van der Waals surface area contributed by atoms with Crippen LogP contribution in [0.3, 0.4) is 0 Å². The van der Waals surface area contributed by atoms with Gasteiger partial charge in [0.25, 0.3) is 0 Å². The van der Waals surface area contributed by atoms with Crippen LogP contribution < -0.4 is 0 Å². The minimum Gasteiger partial charge on any atom is -0.479 e. The smallest absolute Gasteiger partial charge is 0.336 e. The van der Waals surface area contributed by atoms with Gasteiger partial charge in [-0.3, -0.25) is 4.90 Å². The van der Waals surface area contributed by atoms with Crippen molar-refractivity contribution in [3.63, 3.8) is 0 Å². The number of rotatable bonds is 4. The molecule has 0 saturated carbocycles. The minimum atomic E-state index is -1.75. The lowest BCUT2D eigenvalue weighted by Crippen LogP contribution is -2.52. The van der Waals surface area contributed by atoms with Gasteiger partial charge in [-0.15, -0.1) is 0 Å².